The highest BCUT2D eigenvalue weighted by Gasteiger charge is 2.62. The third-order valence-electron chi connectivity index (χ3n) is 5.69. The minimum atomic E-state index is -0.399. The standard InChI is InChI=1S/C22H23FN4O2/c1-14-19(12-25-15(2)26-14)29-13-22(16-6-8-17(23)9-7-16)11-18(22)21(28)27-20-5-3-4-10-24-20/h3-6,8-10,12,16,18H,7,11,13H2,1-2H3,(H,24,27,28)/t16?,18-,22+/m0/s1. The summed E-state index contributed by atoms with van der Waals surface area (Å²) >= 11 is 0. The van der Waals surface area contributed by atoms with Crippen molar-refractivity contribution in [3.05, 3.63) is 66.2 Å². The van der Waals surface area contributed by atoms with Crippen LogP contribution in [0.15, 0.2) is 54.6 Å². The molecule has 29 heavy (non-hydrogen) atoms. The predicted octanol–water partition coefficient (Wildman–Crippen LogP) is 3.94. The van der Waals surface area contributed by atoms with Crippen LogP contribution in [-0.4, -0.2) is 27.5 Å². The van der Waals surface area contributed by atoms with Gasteiger partial charge >= 0.3 is 0 Å². The number of hydrogen-bond acceptors (Lipinski definition) is 5. The topological polar surface area (TPSA) is 77.0 Å². The molecule has 150 valence electrons. The van der Waals surface area contributed by atoms with Gasteiger partial charge in [-0.05, 0) is 56.9 Å². The molecule has 3 atom stereocenters. The molecule has 4 rings (SSSR count). The molecule has 2 aliphatic carbocycles. The fourth-order valence-corrected chi connectivity index (χ4v) is 3.95. The summed E-state index contributed by atoms with van der Waals surface area (Å²) in [5, 5.41) is 2.88. The van der Waals surface area contributed by atoms with E-state index in [0.29, 0.717) is 36.8 Å². The molecule has 1 fully saturated rings. The molecule has 2 aromatic rings. The Hall–Kier alpha value is -3.09. The fraction of sp³-hybridized carbons (Fsp3) is 0.364. The third kappa shape index (κ3) is 4.04. The first-order valence-corrected chi connectivity index (χ1v) is 9.67. The van der Waals surface area contributed by atoms with Crippen molar-refractivity contribution >= 4 is 11.7 Å². The first kappa shape index (κ1) is 19.2. The molecule has 7 heteroatoms. The highest BCUT2D eigenvalue weighted by atomic mass is 19.1. The smallest absolute Gasteiger partial charge is 0.229 e. The minimum absolute atomic E-state index is 0.0214. The summed E-state index contributed by atoms with van der Waals surface area (Å²) in [7, 11) is 0. The number of carbonyl (C=O) groups excluding carboxylic acids is 1. The van der Waals surface area contributed by atoms with Gasteiger partial charge in [-0.1, -0.05) is 12.1 Å². The van der Waals surface area contributed by atoms with E-state index in [4.69, 9.17) is 4.74 Å². The Morgan fingerprint density at radius 3 is 2.90 bits per heavy atom. The summed E-state index contributed by atoms with van der Waals surface area (Å²) in [5.41, 5.74) is 0.358. The maximum Gasteiger partial charge on any atom is 0.229 e. The maximum absolute atomic E-state index is 13.5. The number of rotatable bonds is 6. The van der Waals surface area contributed by atoms with Gasteiger partial charge in [-0.15, -0.1) is 0 Å². The Morgan fingerprint density at radius 2 is 2.21 bits per heavy atom. The van der Waals surface area contributed by atoms with Crippen molar-refractivity contribution in [3.8, 4) is 5.75 Å². The number of anilines is 1. The lowest BCUT2D eigenvalue weighted by Crippen LogP contribution is -2.29. The van der Waals surface area contributed by atoms with Gasteiger partial charge in [-0.2, -0.15) is 0 Å². The van der Waals surface area contributed by atoms with Gasteiger partial charge in [-0.25, -0.2) is 19.3 Å². The Bertz CT molecular complexity index is 976. The van der Waals surface area contributed by atoms with Crippen LogP contribution in [0.2, 0.25) is 0 Å². The number of pyridine rings is 1. The lowest BCUT2D eigenvalue weighted by atomic mass is 9.82. The van der Waals surface area contributed by atoms with E-state index in [1.807, 2.05) is 26.0 Å². The second kappa shape index (κ2) is 7.73. The number of nitrogens with one attached hydrogen (secondary N) is 1. The van der Waals surface area contributed by atoms with Crippen molar-refractivity contribution in [2.24, 2.45) is 17.3 Å². The summed E-state index contributed by atoms with van der Waals surface area (Å²) in [6.07, 6.45) is 9.40. The van der Waals surface area contributed by atoms with E-state index in [1.54, 1.807) is 30.6 Å². The molecule has 0 aliphatic heterocycles. The molecule has 1 N–H and O–H groups in total. The highest BCUT2D eigenvalue weighted by Crippen LogP contribution is 2.60. The molecule has 2 heterocycles. The van der Waals surface area contributed by atoms with Crippen molar-refractivity contribution in [2.75, 3.05) is 11.9 Å². The third-order valence-corrected chi connectivity index (χ3v) is 5.69. The molecule has 0 bridgehead atoms. The van der Waals surface area contributed by atoms with Crippen LogP contribution in [0.4, 0.5) is 10.2 Å². The van der Waals surface area contributed by atoms with E-state index in [-0.39, 0.29) is 23.6 Å². The number of aryl methyl sites for hydroxylation is 2. The van der Waals surface area contributed by atoms with Gasteiger partial charge in [0, 0.05) is 17.5 Å². The Kier molecular flexibility index (Phi) is 5.13. The number of carbonyl (C=O) groups is 1. The van der Waals surface area contributed by atoms with Gasteiger partial charge in [0.25, 0.3) is 0 Å². The largest absolute Gasteiger partial charge is 0.489 e. The van der Waals surface area contributed by atoms with Crippen LogP contribution in [0.5, 0.6) is 5.75 Å². The maximum atomic E-state index is 13.5. The van der Waals surface area contributed by atoms with E-state index in [0.717, 1.165) is 5.69 Å². The van der Waals surface area contributed by atoms with Crippen LogP contribution in [0.1, 0.15) is 24.4 Å². The summed E-state index contributed by atoms with van der Waals surface area (Å²) in [5.74, 6) is 1.26. The number of nitrogens with zero attached hydrogens (tertiary/aromatic N) is 3. The van der Waals surface area contributed by atoms with Crippen LogP contribution < -0.4 is 10.1 Å². The quantitative estimate of drug-likeness (QED) is 0.803. The molecule has 0 spiro atoms. The van der Waals surface area contributed by atoms with Crippen LogP contribution in [0.25, 0.3) is 0 Å². The van der Waals surface area contributed by atoms with E-state index < -0.39 is 5.41 Å². The van der Waals surface area contributed by atoms with Crippen molar-refractivity contribution < 1.29 is 13.9 Å². The van der Waals surface area contributed by atoms with Gasteiger partial charge in [0.2, 0.25) is 5.91 Å². The van der Waals surface area contributed by atoms with Crippen molar-refractivity contribution in [3.63, 3.8) is 0 Å². The molecular weight excluding hydrogens is 371 g/mol. The molecule has 1 saturated carbocycles. The monoisotopic (exact) mass is 394 g/mol. The Balaban J connectivity index is 1.51. The number of ether oxygens (including phenoxy) is 1. The normalized spacial score (nSPS) is 25.3. The number of aromatic nitrogens is 3. The van der Waals surface area contributed by atoms with Crippen LogP contribution >= 0.6 is 0 Å². The highest BCUT2D eigenvalue weighted by molar-refractivity contribution is 5.94. The number of halogens is 1. The SMILES string of the molecule is Cc1ncc(OC[C@@]2(C3C=CC(F)=CC3)C[C@H]2C(=O)Nc2ccccn2)c(C)n1. The summed E-state index contributed by atoms with van der Waals surface area (Å²) in [6, 6.07) is 5.37. The van der Waals surface area contributed by atoms with Gasteiger partial charge in [-0.3, -0.25) is 4.79 Å². The molecule has 2 aliphatic rings. The Morgan fingerprint density at radius 1 is 1.34 bits per heavy atom. The van der Waals surface area contributed by atoms with Crippen molar-refractivity contribution in [1.29, 1.82) is 0 Å². The molecule has 1 amide bonds. The Labute approximate surface area is 168 Å². The van der Waals surface area contributed by atoms with Crippen LogP contribution in [-0.2, 0) is 4.79 Å². The average molecular weight is 394 g/mol. The summed E-state index contributed by atoms with van der Waals surface area (Å²) in [4.78, 5) is 25.6. The summed E-state index contributed by atoms with van der Waals surface area (Å²) in [6.45, 7) is 4.03. The molecule has 0 saturated heterocycles. The lowest BCUT2D eigenvalue weighted by molar-refractivity contribution is -0.118. The predicted molar refractivity (Wildman–Crippen MR) is 107 cm³/mol. The first-order valence-electron chi connectivity index (χ1n) is 9.67. The molecule has 6 nitrogen and oxygen atoms in total. The second-order valence-electron chi connectivity index (χ2n) is 7.64. The molecule has 1 unspecified atom stereocenters. The van der Waals surface area contributed by atoms with E-state index in [9.17, 15) is 9.18 Å². The van der Waals surface area contributed by atoms with Gasteiger partial charge < -0.3 is 10.1 Å². The lowest BCUT2D eigenvalue weighted by Gasteiger charge is -2.27. The fourth-order valence-electron chi connectivity index (χ4n) is 3.95. The zero-order chi connectivity index (χ0) is 20.4. The zero-order valence-electron chi connectivity index (χ0n) is 16.4. The number of amides is 1. The molecular formula is C22H23FN4O2. The zero-order valence-corrected chi connectivity index (χ0v) is 16.4. The van der Waals surface area contributed by atoms with E-state index in [1.165, 1.54) is 6.08 Å². The average Bonchev–Trinajstić information content (AvgIpc) is 3.45. The van der Waals surface area contributed by atoms with Gasteiger partial charge in [0.15, 0.2) is 5.75 Å². The van der Waals surface area contributed by atoms with Gasteiger partial charge in [0.05, 0.1) is 18.5 Å². The molecule has 0 aromatic carbocycles. The number of allylic oxidation sites excluding steroid dienone is 4. The summed E-state index contributed by atoms with van der Waals surface area (Å²) < 4.78 is 19.6. The first-order chi connectivity index (χ1) is 14.0. The molecule has 0 radical (unpaired) electrons. The van der Waals surface area contributed by atoms with Crippen LogP contribution in [0, 0.1) is 31.1 Å². The number of hydrogen-bond donors (Lipinski definition) is 1. The second-order valence-corrected chi connectivity index (χ2v) is 7.64. The van der Waals surface area contributed by atoms with Crippen molar-refractivity contribution in [1.82, 2.24) is 15.0 Å². The molecule has 2 aromatic heterocycles. The van der Waals surface area contributed by atoms with Crippen molar-refractivity contribution in [2.45, 2.75) is 26.7 Å². The van der Waals surface area contributed by atoms with Gasteiger partial charge in [0.1, 0.15) is 17.5 Å². The van der Waals surface area contributed by atoms with E-state index >= 15 is 0 Å². The minimum Gasteiger partial charge on any atom is -0.489 e. The van der Waals surface area contributed by atoms with E-state index in [2.05, 4.69) is 20.3 Å². The van der Waals surface area contributed by atoms with Crippen LogP contribution in [0.3, 0.4) is 0 Å².